The second kappa shape index (κ2) is 14.2. The van der Waals surface area contributed by atoms with Gasteiger partial charge >= 0.3 is 0 Å². The van der Waals surface area contributed by atoms with E-state index in [1.165, 1.54) is 44.9 Å². The lowest BCUT2D eigenvalue weighted by molar-refractivity contribution is -0.129. The summed E-state index contributed by atoms with van der Waals surface area (Å²) in [7, 11) is 0. The lowest BCUT2D eigenvalue weighted by Gasteiger charge is -2.10. The highest BCUT2D eigenvalue weighted by Gasteiger charge is 2.12. The monoisotopic (exact) mass is 289 g/mol. The highest BCUT2D eigenvalue weighted by Crippen LogP contribution is 2.08. The van der Waals surface area contributed by atoms with Crippen LogP contribution in [-0.4, -0.2) is 35.7 Å². The molecule has 0 radical (unpaired) electrons. The summed E-state index contributed by atoms with van der Waals surface area (Å²) >= 11 is 1.65. The molecule has 0 fully saturated rings. The van der Waals surface area contributed by atoms with Crippen LogP contribution in [0.25, 0.3) is 0 Å². The SMILES string of the molecule is CCCCCCCCCCNC(=O)C(O)CCSC. The summed E-state index contributed by atoms with van der Waals surface area (Å²) in [6.07, 6.45) is 11.8. The standard InChI is InChI=1S/C15H31NO2S/c1-3-4-5-6-7-8-9-10-12-16-15(18)14(17)11-13-19-2/h14,17H,3-13H2,1-2H3,(H,16,18). The van der Waals surface area contributed by atoms with Gasteiger partial charge in [0.05, 0.1) is 0 Å². The average Bonchev–Trinajstić information content (AvgIpc) is 2.42. The van der Waals surface area contributed by atoms with Crippen molar-refractivity contribution in [3.8, 4) is 0 Å². The van der Waals surface area contributed by atoms with E-state index in [0.29, 0.717) is 13.0 Å². The van der Waals surface area contributed by atoms with Gasteiger partial charge in [-0.15, -0.1) is 0 Å². The predicted molar refractivity (Wildman–Crippen MR) is 84.6 cm³/mol. The number of aliphatic hydroxyl groups excluding tert-OH is 1. The summed E-state index contributed by atoms with van der Waals surface area (Å²) in [5, 5.41) is 12.4. The van der Waals surface area contributed by atoms with Crippen molar-refractivity contribution in [1.29, 1.82) is 0 Å². The first kappa shape index (κ1) is 18.8. The molecular weight excluding hydrogens is 258 g/mol. The van der Waals surface area contributed by atoms with Crippen LogP contribution in [0.2, 0.25) is 0 Å². The zero-order valence-corrected chi connectivity index (χ0v) is 13.4. The fourth-order valence-corrected chi connectivity index (χ4v) is 2.41. The summed E-state index contributed by atoms with van der Waals surface area (Å²) in [4.78, 5) is 11.5. The molecule has 0 aromatic carbocycles. The van der Waals surface area contributed by atoms with Crippen LogP contribution >= 0.6 is 11.8 Å². The molecule has 0 aromatic rings. The first-order valence-corrected chi connectivity index (χ1v) is 9.06. The van der Waals surface area contributed by atoms with Crippen LogP contribution in [0.3, 0.4) is 0 Å². The largest absolute Gasteiger partial charge is 0.383 e. The van der Waals surface area contributed by atoms with E-state index in [-0.39, 0.29) is 5.91 Å². The van der Waals surface area contributed by atoms with Gasteiger partial charge in [0.25, 0.3) is 0 Å². The molecule has 0 aliphatic carbocycles. The smallest absolute Gasteiger partial charge is 0.248 e. The lowest BCUT2D eigenvalue weighted by atomic mass is 10.1. The van der Waals surface area contributed by atoms with E-state index in [1.807, 2.05) is 6.26 Å². The molecule has 0 heterocycles. The third-order valence-electron chi connectivity index (χ3n) is 3.23. The van der Waals surface area contributed by atoms with Crippen molar-refractivity contribution < 1.29 is 9.90 Å². The van der Waals surface area contributed by atoms with Crippen LogP contribution < -0.4 is 5.32 Å². The number of carbonyl (C=O) groups excluding carboxylic acids is 1. The van der Waals surface area contributed by atoms with Crippen molar-refractivity contribution in [2.45, 2.75) is 70.8 Å². The number of amides is 1. The normalized spacial score (nSPS) is 12.4. The van der Waals surface area contributed by atoms with E-state index in [2.05, 4.69) is 12.2 Å². The molecule has 19 heavy (non-hydrogen) atoms. The van der Waals surface area contributed by atoms with Crippen molar-refractivity contribution in [2.75, 3.05) is 18.6 Å². The number of aliphatic hydroxyl groups is 1. The minimum atomic E-state index is -0.832. The Morgan fingerprint density at radius 2 is 1.68 bits per heavy atom. The molecule has 0 rings (SSSR count). The molecule has 3 nitrogen and oxygen atoms in total. The number of nitrogens with one attached hydrogen (secondary N) is 1. The van der Waals surface area contributed by atoms with Crippen LogP contribution in [-0.2, 0) is 4.79 Å². The molecule has 0 aromatic heterocycles. The third kappa shape index (κ3) is 12.6. The van der Waals surface area contributed by atoms with Crippen molar-refractivity contribution in [3.05, 3.63) is 0 Å². The molecular formula is C15H31NO2S. The number of hydrogen-bond donors (Lipinski definition) is 2. The van der Waals surface area contributed by atoms with E-state index in [9.17, 15) is 9.90 Å². The highest BCUT2D eigenvalue weighted by molar-refractivity contribution is 7.98. The third-order valence-corrected chi connectivity index (χ3v) is 3.87. The summed E-state index contributed by atoms with van der Waals surface area (Å²) in [5.41, 5.74) is 0. The van der Waals surface area contributed by atoms with Crippen molar-refractivity contribution >= 4 is 17.7 Å². The molecule has 0 bridgehead atoms. The highest BCUT2D eigenvalue weighted by atomic mass is 32.2. The molecule has 1 unspecified atom stereocenters. The Bertz CT molecular complexity index is 212. The summed E-state index contributed by atoms with van der Waals surface area (Å²) in [6.45, 7) is 2.93. The number of hydrogen-bond acceptors (Lipinski definition) is 3. The molecule has 0 saturated carbocycles. The molecule has 0 spiro atoms. The molecule has 114 valence electrons. The van der Waals surface area contributed by atoms with Gasteiger partial charge in [-0.3, -0.25) is 4.79 Å². The summed E-state index contributed by atoms with van der Waals surface area (Å²) < 4.78 is 0. The topological polar surface area (TPSA) is 49.3 Å². The maximum absolute atomic E-state index is 11.5. The molecule has 0 saturated heterocycles. The van der Waals surface area contributed by atoms with Crippen LogP contribution in [0, 0.1) is 0 Å². The second-order valence-electron chi connectivity index (χ2n) is 5.06. The fraction of sp³-hybridized carbons (Fsp3) is 0.933. The minimum absolute atomic E-state index is 0.211. The fourth-order valence-electron chi connectivity index (χ4n) is 1.95. The molecule has 4 heteroatoms. The molecule has 0 aliphatic rings. The van der Waals surface area contributed by atoms with Gasteiger partial charge in [0, 0.05) is 6.54 Å². The summed E-state index contributed by atoms with van der Waals surface area (Å²) in [6, 6.07) is 0. The van der Waals surface area contributed by atoms with Crippen molar-refractivity contribution in [1.82, 2.24) is 5.32 Å². The van der Waals surface area contributed by atoms with Gasteiger partial charge < -0.3 is 10.4 Å². The Balaban J connectivity index is 3.27. The number of carbonyl (C=O) groups is 1. The lowest BCUT2D eigenvalue weighted by Crippen LogP contribution is -2.35. The van der Waals surface area contributed by atoms with Crippen LogP contribution in [0.4, 0.5) is 0 Å². The second-order valence-corrected chi connectivity index (χ2v) is 6.05. The van der Waals surface area contributed by atoms with Crippen LogP contribution in [0.1, 0.15) is 64.7 Å². The van der Waals surface area contributed by atoms with Gasteiger partial charge in [0.2, 0.25) is 5.91 Å². The van der Waals surface area contributed by atoms with Gasteiger partial charge in [0.15, 0.2) is 0 Å². The van der Waals surface area contributed by atoms with E-state index >= 15 is 0 Å². The Labute approximate surface area is 122 Å². The van der Waals surface area contributed by atoms with Crippen LogP contribution in [0.5, 0.6) is 0 Å². The van der Waals surface area contributed by atoms with Gasteiger partial charge in [0.1, 0.15) is 6.10 Å². The van der Waals surface area contributed by atoms with Gasteiger partial charge in [-0.2, -0.15) is 11.8 Å². The maximum Gasteiger partial charge on any atom is 0.248 e. The summed E-state index contributed by atoms with van der Waals surface area (Å²) in [5.74, 6) is 0.615. The molecule has 1 atom stereocenters. The first-order chi connectivity index (χ1) is 9.22. The molecule has 2 N–H and O–H groups in total. The first-order valence-electron chi connectivity index (χ1n) is 7.67. The van der Waals surface area contributed by atoms with E-state index in [1.54, 1.807) is 11.8 Å². The Morgan fingerprint density at radius 3 is 2.26 bits per heavy atom. The van der Waals surface area contributed by atoms with Gasteiger partial charge in [-0.1, -0.05) is 51.9 Å². The zero-order valence-electron chi connectivity index (χ0n) is 12.6. The number of rotatable bonds is 13. The van der Waals surface area contributed by atoms with E-state index in [0.717, 1.165) is 12.2 Å². The number of thioether (sulfide) groups is 1. The average molecular weight is 289 g/mol. The predicted octanol–water partition coefficient (Wildman–Crippen LogP) is 3.36. The van der Waals surface area contributed by atoms with Gasteiger partial charge in [-0.25, -0.2) is 0 Å². The Morgan fingerprint density at radius 1 is 1.11 bits per heavy atom. The van der Waals surface area contributed by atoms with Gasteiger partial charge in [-0.05, 0) is 24.9 Å². The van der Waals surface area contributed by atoms with Crippen molar-refractivity contribution in [2.24, 2.45) is 0 Å². The molecule has 0 aliphatic heterocycles. The quantitative estimate of drug-likeness (QED) is 0.511. The van der Waals surface area contributed by atoms with Crippen LogP contribution in [0.15, 0.2) is 0 Å². The molecule has 1 amide bonds. The Kier molecular flexibility index (Phi) is 14.0. The minimum Gasteiger partial charge on any atom is -0.383 e. The number of unbranched alkanes of at least 4 members (excludes halogenated alkanes) is 7. The van der Waals surface area contributed by atoms with Crippen molar-refractivity contribution in [3.63, 3.8) is 0 Å². The Hall–Kier alpha value is -0.220. The van der Waals surface area contributed by atoms with E-state index < -0.39 is 6.10 Å². The zero-order chi connectivity index (χ0) is 14.3. The maximum atomic E-state index is 11.5. The van der Waals surface area contributed by atoms with E-state index in [4.69, 9.17) is 0 Å².